The van der Waals surface area contributed by atoms with Crippen molar-refractivity contribution in [3.05, 3.63) is 35.9 Å². The summed E-state index contributed by atoms with van der Waals surface area (Å²) < 4.78 is 0. The van der Waals surface area contributed by atoms with Crippen LogP contribution in [0, 0.1) is 5.92 Å². The summed E-state index contributed by atoms with van der Waals surface area (Å²) in [5, 5.41) is 22.6. The molecule has 0 heterocycles. The Morgan fingerprint density at radius 2 is 1.53 bits per heavy atom. The highest BCUT2D eigenvalue weighted by Gasteiger charge is 2.35. The Morgan fingerprint density at radius 1 is 0.894 bits per heavy atom. The van der Waals surface area contributed by atoms with Gasteiger partial charge in [0.25, 0.3) is 0 Å². The standard InChI is InChI=1S/C32H56N8O6S/c1-5-14-40(46)26(19-47)30(44)29(43)25(16-22-10-7-6-8-11-22)39-31(45)24(12-9-13-36-32(34)35)38-17-27(41)21(4)37-18-28(42)23(33)15-20(2)3/h6-8,10-11,20-21,23-26,32,36-38,46-47H,5,9,12-19,33-35H2,1-4H3,(H,39,45)/t21-,23?,24-,25-,26-/m0/s1. The van der Waals surface area contributed by atoms with E-state index in [1.54, 1.807) is 37.3 Å². The third kappa shape index (κ3) is 16.4. The maximum atomic E-state index is 13.7. The summed E-state index contributed by atoms with van der Waals surface area (Å²) in [7, 11) is 0. The first-order chi connectivity index (χ1) is 22.2. The zero-order valence-corrected chi connectivity index (χ0v) is 29.0. The number of carbonyl (C=O) groups excluding carboxylic acids is 5. The third-order valence-electron chi connectivity index (χ3n) is 7.54. The van der Waals surface area contributed by atoms with Crippen molar-refractivity contribution >= 4 is 41.7 Å². The van der Waals surface area contributed by atoms with Gasteiger partial charge in [0.05, 0.1) is 37.3 Å². The molecule has 0 aliphatic heterocycles. The minimum absolute atomic E-state index is 0.0266. The monoisotopic (exact) mass is 680 g/mol. The van der Waals surface area contributed by atoms with Gasteiger partial charge in [-0.25, -0.2) is 0 Å². The average Bonchev–Trinajstić information content (AvgIpc) is 3.02. The van der Waals surface area contributed by atoms with Crippen molar-refractivity contribution in [2.45, 2.75) is 96.3 Å². The van der Waals surface area contributed by atoms with Gasteiger partial charge in [0.2, 0.25) is 17.5 Å². The van der Waals surface area contributed by atoms with Crippen LogP contribution in [0.25, 0.3) is 0 Å². The number of nitrogens with two attached hydrogens (primary N) is 3. The first-order valence-electron chi connectivity index (χ1n) is 16.2. The summed E-state index contributed by atoms with van der Waals surface area (Å²) in [6.07, 6.45) is 1.03. The van der Waals surface area contributed by atoms with Crippen LogP contribution in [0.3, 0.4) is 0 Å². The van der Waals surface area contributed by atoms with Crippen molar-refractivity contribution in [1.82, 2.24) is 26.3 Å². The van der Waals surface area contributed by atoms with Crippen molar-refractivity contribution < 1.29 is 29.2 Å². The lowest BCUT2D eigenvalue weighted by atomic mass is 9.96. The van der Waals surface area contributed by atoms with Gasteiger partial charge in [-0.15, -0.1) is 0 Å². The van der Waals surface area contributed by atoms with Crippen LogP contribution >= 0.6 is 12.6 Å². The van der Waals surface area contributed by atoms with Crippen molar-refractivity contribution in [1.29, 1.82) is 0 Å². The Kier molecular flexibility index (Phi) is 20.6. The number of Topliss-reactive ketones (excluding diaryl/α,β-unsaturated/α-hetero) is 4. The molecule has 0 aromatic heterocycles. The number of amides is 1. The number of hydrogen-bond acceptors (Lipinski definition) is 14. The van der Waals surface area contributed by atoms with Gasteiger partial charge in [-0.1, -0.05) is 51.1 Å². The molecule has 0 aliphatic rings. The molecule has 1 aromatic rings. The zero-order chi connectivity index (χ0) is 35.5. The lowest BCUT2D eigenvalue weighted by Crippen LogP contribution is -2.56. The van der Waals surface area contributed by atoms with E-state index in [0.29, 0.717) is 31.4 Å². The van der Waals surface area contributed by atoms with E-state index in [4.69, 9.17) is 17.2 Å². The molecular weight excluding hydrogens is 624 g/mol. The van der Waals surface area contributed by atoms with Crippen LogP contribution in [0.4, 0.5) is 0 Å². The Labute approximate surface area is 284 Å². The summed E-state index contributed by atoms with van der Waals surface area (Å²) in [6.45, 7) is 7.64. The number of hydrogen-bond donors (Lipinski definition) is 9. The van der Waals surface area contributed by atoms with Gasteiger partial charge < -0.3 is 33.0 Å². The van der Waals surface area contributed by atoms with Crippen LogP contribution < -0.4 is 38.5 Å². The number of rotatable bonds is 26. The molecule has 0 fully saturated rings. The van der Waals surface area contributed by atoms with E-state index in [1.165, 1.54) is 0 Å². The predicted molar refractivity (Wildman–Crippen MR) is 185 cm³/mol. The molecule has 15 heteroatoms. The molecule has 0 spiro atoms. The van der Waals surface area contributed by atoms with Gasteiger partial charge in [-0.3, -0.25) is 34.6 Å². The SMILES string of the molecule is CCCN(O)[C@@H](CS)C(=O)C(=O)[C@H](Cc1ccccc1)NC(=O)[C@H](CCCNC(N)N)NCC(=O)[C@H](C)NCC(=O)C(N)CC(C)C. The van der Waals surface area contributed by atoms with Crippen molar-refractivity contribution in [2.75, 3.05) is 31.9 Å². The Hall–Kier alpha value is -2.60. The van der Waals surface area contributed by atoms with Gasteiger partial charge in [-0.05, 0) is 50.6 Å². The highest BCUT2D eigenvalue weighted by molar-refractivity contribution is 7.80. The normalized spacial score (nSPS) is 14.9. The lowest BCUT2D eigenvalue weighted by Gasteiger charge is -2.26. The van der Waals surface area contributed by atoms with Crippen LogP contribution in [0.1, 0.15) is 58.9 Å². The van der Waals surface area contributed by atoms with Crippen LogP contribution in [-0.2, 0) is 30.4 Å². The summed E-state index contributed by atoms with van der Waals surface area (Å²) in [5.41, 5.74) is 17.8. The molecule has 0 saturated heterocycles. The number of carbonyl (C=O) groups is 5. The zero-order valence-electron chi connectivity index (χ0n) is 28.1. The highest BCUT2D eigenvalue weighted by atomic mass is 32.1. The average molecular weight is 681 g/mol. The van der Waals surface area contributed by atoms with E-state index < -0.39 is 54.0 Å². The molecule has 0 radical (unpaired) electrons. The van der Waals surface area contributed by atoms with E-state index >= 15 is 0 Å². The summed E-state index contributed by atoms with van der Waals surface area (Å²) in [5.74, 6) is -2.68. The van der Waals surface area contributed by atoms with E-state index in [1.807, 2.05) is 20.8 Å². The first-order valence-corrected chi connectivity index (χ1v) is 16.9. The smallest absolute Gasteiger partial charge is 0.237 e. The molecule has 5 atom stereocenters. The molecule has 47 heavy (non-hydrogen) atoms. The second kappa shape index (κ2) is 22.9. The Morgan fingerprint density at radius 3 is 2.11 bits per heavy atom. The molecule has 1 rings (SSSR count). The van der Waals surface area contributed by atoms with E-state index in [9.17, 15) is 29.2 Å². The fourth-order valence-corrected chi connectivity index (χ4v) is 5.13. The van der Waals surface area contributed by atoms with Crippen LogP contribution in [0.5, 0.6) is 0 Å². The topological polar surface area (TPSA) is 235 Å². The Balaban J connectivity index is 3.09. The fourth-order valence-electron chi connectivity index (χ4n) is 4.78. The molecule has 11 N–H and O–H groups in total. The van der Waals surface area contributed by atoms with E-state index in [0.717, 1.165) is 5.06 Å². The summed E-state index contributed by atoms with van der Waals surface area (Å²) in [4.78, 5) is 65.8. The third-order valence-corrected chi connectivity index (χ3v) is 7.89. The summed E-state index contributed by atoms with van der Waals surface area (Å²) >= 11 is 4.17. The van der Waals surface area contributed by atoms with Crippen molar-refractivity contribution in [2.24, 2.45) is 23.1 Å². The predicted octanol–water partition coefficient (Wildman–Crippen LogP) is -0.730. The minimum Gasteiger partial charge on any atom is -0.344 e. The highest BCUT2D eigenvalue weighted by Crippen LogP contribution is 2.10. The molecule has 1 aromatic carbocycles. The molecular formula is C32H56N8O6S. The second-order valence-corrected chi connectivity index (χ2v) is 12.5. The number of benzene rings is 1. The molecule has 0 saturated carbocycles. The van der Waals surface area contributed by atoms with Gasteiger partial charge in [0.1, 0.15) is 12.3 Å². The quantitative estimate of drug-likeness (QED) is 0.0193. The van der Waals surface area contributed by atoms with Crippen LogP contribution in [-0.4, -0.2) is 108 Å². The van der Waals surface area contributed by atoms with Crippen LogP contribution in [0.2, 0.25) is 0 Å². The summed E-state index contributed by atoms with van der Waals surface area (Å²) in [6, 6.07) is 4.22. The van der Waals surface area contributed by atoms with Gasteiger partial charge in [-0.2, -0.15) is 17.7 Å². The molecule has 1 unspecified atom stereocenters. The number of hydroxylamine groups is 2. The van der Waals surface area contributed by atoms with Crippen molar-refractivity contribution in [3.8, 4) is 0 Å². The minimum atomic E-state index is -1.24. The van der Waals surface area contributed by atoms with Gasteiger partial charge in [0, 0.05) is 18.7 Å². The largest absolute Gasteiger partial charge is 0.344 e. The van der Waals surface area contributed by atoms with E-state index in [-0.39, 0.29) is 55.7 Å². The molecule has 0 bridgehead atoms. The number of thiol groups is 1. The van der Waals surface area contributed by atoms with E-state index in [2.05, 4.69) is 33.9 Å². The molecule has 14 nitrogen and oxygen atoms in total. The number of ketones is 4. The second-order valence-electron chi connectivity index (χ2n) is 12.2. The van der Waals surface area contributed by atoms with Gasteiger partial charge >= 0.3 is 0 Å². The Bertz CT molecular complexity index is 1130. The van der Waals surface area contributed by atoms with Gasteiger partial charge in [0.15, 0.2) is 11.6 Å². The maximum absolute atomic E-state index is 13.7. The molecule has 1 amide bonds. The molecule has 0 aliphatic carbocycles. The number of nitrogens with zero attached hydrogens (tertiary/aromatic N) is 1. The molecule has 266 valence electrons. The maximum Gasteiger partial charge on any atom is 0.237 e. The van der Waals surface area contributed by atoms with Crippen molar-refractivity contribution in [3.63, 3.8) is 0 Å². The van der Waals surface area contributed by atoms with Crippen LogP contribution in [0.15, 0.2) is 30.3 Å². The fraction of sp³-hybridized carbons (Fsp3) is 0.656. The number of nitrogens with one attached hydrogen (secondary N) is 4. The first kappa shape index (κ1) is 42.4. The lowest BCUT2D eigenvalue weighted by molar-refractivity contribution is -0.157.